The van der Waals surface area contributed by atoms with E-state index in [-0.39, 0.29) is 6.09 Å². The normalized spacial score (nSPS) is 14.3. The molecule has 2 heterocycles. The molecule has 0 aliphatic carbocycles. The van der Waals surface area contributed by atoms with Gasteiger partial charge in [0.05, 0.1) is 12.2 Å². The average Bonchev–Trinajstić information content (AvgIpc) is 2.53. The number of benzene rings is 1. The highest BCUT2D eigenvalue weighted by Gasteiger charge is 2.26. The molecule has 0 radical (unpaired) electrons. The lowest BCUT2D eigenvalue weighted by Crippen LogP contribution is -2.40. The van der Waals surface area contributed by atoms with E-state index < -0.39 is 5.60 Å². The summed E-state index contributed by atoms with van der Waals surface area (Å²) in [7, 11) is 0. The zero-order valence-electron chi connectivity index (χ0n) is 13.9. The molecule has 0 N–H and O–H groups in total. The Balaban J connectivity index is 1.77. The first-order valence-electron chi connectivity index (χ1n) is 7.94. The molecule has 0 saturated carbocycles. The Kier molecular flexibility index (Phi) is 4.07. The predicted octanol–water partition coefficient (Wildman–Crippen LogP) is 4.04. The van der Waals surface area contributed by atoms with Crippen molar-refractivity contribution >= 4 is 6.09 Å². The Morgan fingerprint density at radius 3 is 2.57 bits per heavy atom. The van der Waals surface area contributed by atoms with E-state index >= 15 is 0 Å². The predicted molar refractivity (Wildman–Crippen MR) is 90.0 cm³/mol. The van der Waals surface area contributed by atoms with E-state index in [1.807, 2.05) is 45.0 Å². The third-order valence-electron chi connectivity index (χ3n) is 3.77. The van der Waals surface area contributed by atoms with Crippen LogP contribution in [0.1, 0.15) is 32.0 Å². The van der Waals surface area contributed by atoms with Gasteiger partial charge in [0, 0.05) is 24.2 Å². The van der Waals surface area contributed by atoms with E-state index in [4.69, 9.17) is 9.72 Å². The van der Waals surface area contributed by atoms with Crippen LogP contribution in [0.5, 0.6) is 0 Å². The highest BCUT2D eigenvalue weighted by molar-refractivity contribution is 5.69. The molecular weight excluding hydrogens is 288 g/mol. The lowest BCUT2D eigenvalue weighted by atomic mass is 10.0. The third kappa shape index (κ3) is 3.70. The molecule has 4 nitrogen and oxygen atoms in total. The fraction of sp³-hybridized carbons (Fsp3) is 0.368. The van der Waals surface area contributed by atoms with Crippen LogP contribution in [0.4, 0.5) is 4.79 Å². The smallest absolute Gasteiger partial charge is 0.410 e. The molecule has 0 saturated heterocycles. The van der Waals surface area contributed by atoms with Gasteiger partial charge in [0.1, 0.15) is 5.60 Å². The number of pyridine rings is 1. The van der Waals surface area contributed by atoms with Crippen LogP contribution in [-0.2, 0) is 17.7 Å². The third-order valence-corrected chi connectivity index (χ3v) is 3.77. The topological polar surface area (TPSA) is 42.4 Å². The van der Waals surface area contributed by atoms with Crippen LogP contribution in [-0.4, -0.2) is 28.1 Å². The van der Waals surface area contributed by atoms with Gasteiger partial charge in [0.25, 0.3) is 0 Å². The summed E-state index contributed by atoms with van der Waals surface area (Å²) in [6.07, 6.45) is 0.505. The summed E-state index contributed by atoms with van der Waals surface area (Å²) in [5, 5.41) is 0. The zero-order valence-corrected chi connectivity index (χ0v) is 13.9. The number of hydrogen-bond acceptors (Lipinski definition) is 3. The van der Waals surface area contributed by atoms with Crippen LogP contribution >= 0.6 is 0 Å². The fourth-order valence-electron chi connectivity index (χ4n) is 2.67. The molecule has 0 fully saturated rings. The maximum absolute atomic E-state index is 12.2. The molecule has 1 aliphatic heterocycles. The van der Waals surface area contributed by atoms with Gasteiger partial charge in [-0.1, -0.05) is 36.4 Å². The summed E-state index contributed by atoms with van der Waals surface area (Å²) < 4.78 is 5.45. The SMILES string of the molecule is CC(C)(C)OC(=O)N1CCc2nc(-c3ccccc3)ccc2C1. The van der Waals surface area contributed by atoms with E-state index in [1.165, 1.54) is 0 Å². The summed E-state index contributed by atoms with van der Waals surface area (Å²) in [6.45, 7) is 6.86. The van der Waals surface area contributed by atoms with Crippen molar-refractivity contribution in [3.63, 3.8) is 0 Å². The minimum Gasteiger partial charge on any atom is -0.444 e. The van der Waals surface area contributed by atoms with E-state index in [9.17, 15) is 4.79 Å². The van der Waals surface area contributed by atoms with Gasteiger partial charge in [-0.3, -0.25) is 4.98 Å². The summed E-state index contributed by atoms with van der Waals surface area (Å²) in [6, 6.07) is 14.2. The van der Waals surface area contributed by atoms with Crippen LogP contribution in [0.15, 0.2) is 42.5 Å². The molecule has 1 amide bonds. The minimum atomic E-state index is -0.465. The summed E-state index contributed by atoms with van der Waals surface area (Å²) >= 11 is 0. The number of amides is 1. The first-order valence-corrected chi connectivity index (χ1v) is 7.94. The number of hydrogen-bond donors (Lipinski definition) is 0. The van der Waals surface area contributed by atoms with Crippen molar-refractivity contribution in [2.24, 2.45) is 0 Å². The number of nitrogens with zero attached hydrogens (tertiary/aromatic N) is 2. The molecule has 0 spiro atoms. The Labute approximate surface area is 137 Å². The second-order valence-corrected chi connectivity index (χ2v) is 6.82. The maximum Gasteiger partial charge on any atom is 0.410 e. The molecular formula is C19H22N2O2. The van der Waals surface area contributed by atoms with Gasteiger partial charge in [-0.15, -0.1) is 0 Å². The largest absolute Gasteiger partial charge is 0.444 e. The Morgan fingerprint density at radius 2 is 1.87 bits per heavy atom. The van der Waals surface area contributed by atoms with Gasteiger partial charge in [-0.25, -0.2) is 4.79 Å². The van der Waals surface area contributed by atoms with Gasteiger partial charge in [-0.2, -0.15) is 0 Å². The van der Waals surface area contributed by atoms with Gasteiger partial charge in [-0.05, 0) is 32.4 Å². The number of carbonyl (C=O) groups excluding carboxylic acids is 1. The lowest BCUT2D eigenvalue weighted by Gasteiger charge is -2.31. The Bertz CT molecular complexity index is 705. The maximum atomic E-state index is 12.2. The van der Waals surface area contributed by atoms with Gasteiger partial charge in [0.2, 0.25) is 0 Å². The molecule has 2 aromatic rings. The standard InChI is InChI=1S/C19H22N2O2/c1-19(2,3)23-18(22)21-12-11-17-15(13-21)9-10-16(20-17)14-7-5-4-6-8-14/h4-10H,11-13H2,1-3H3. The van der Waals surface area contributed by atoms with Gasteiger partial charge < -0.3 is 9.64 Å². The molecule has 120 valence electrons. The molecule has 3 rings (SSSR count). The van der Waals surface area contributed by atoms with Crippen molar-refractivity contribution in [3.05, 3.63) is 53.7 Å². The molecule has 4 heteroatoms. The van der Waals surface area contributed by atoms with Crippen LogP contribution < -0.4 is 0 Å². The van der Waals surface area contributed by atoms with Crippen molar-refractivity contribution < 1.29 is 9.53 Å². The van der Waals surface area contributed by atoms with Crippen LogP contribution in [0, 0.1) is 0 Å². The van der Waals surface area contributed by atoms with Crippen molar-refractivity contribution in [2.45, 2.75) is 39.3 Å². The number of carbonyl (C=O) groups is 1. The van der Waals surface area contributed by atoms with Crippen molar-refractivity contribution in [2.75, 3.05) is 6.54 Å². The zero-order chi connectivity index (χ0) is 16.4. The van der Waals surface area contributed by atoms with Gasteiger partial charge in [0.15, 0.2) is 0 Å². The van der Waals surface area contributed by atoms with E-state index in [1.54, 1.807) is 4.90 Å². The highest BCUT2D eigenvalue weighted by Crippen LogP contribution is 2.24. The lowest BCUT2D eigenvalue weighted by molar-refractivity contribution is 0.0223. The second-order valence-electron chi connectivity index (χ2n) is 6.82. The number of fused-ring (bicyclic) bond motifs is 1. The monoisotopic (exact) mass is 310 g/mol. The molecule has 1 aromatic carbocycles. The number of aromatic nitrogens is 1. The first kappa shape index (κ1) is 15.5. The van der Waals surface area contributed by atoms with E-state index in [0.717, 1.165) is 28.9 Å². The Hall–Kier alpha value is -2.36. The van der Waals surface area contributed by atoms with Crippen molar-refractivity contribution in [3.8, 4) is 11.3 Å². The summed E-state index contributed by atoms with van der Waals surface area (Å²) in [4.78, 5) is 18.7. The van der Waals surface area contributed by atoms with Crippen LogP contribution in [0.25, 0.3) is 11.3 Å². The average molecular weight is 310 g/mol. The number of ether oxygens (including phenoxy) is 1. The van der Waals surface area contributed by atoms with E-state index in [2.05, 4.69) is 18.2 Å². The highest BCUT2D eigenvalue weighted by atomic mass is 16.6. The van der Waals surface area contributed by atoms with Crippen molar-refractivity contribution in [1.82, 2.24) is 9.88 Å². The van der Waals surface area contributed by atoms with E-state index in [0.29, 0.717) is 13.1 Å². The summed E-state index contributed by atoms with van der Waals surface area (Å²) in [5.41, 5.74) is 3.81. The van der Waals surface area contributed by atoms with Gasteiger partial charge >= 0.3 is 6.09 Å². The fourth-order valence-corrected chi connectivity index (χ4v) is 2.67. The quantitative estimate of drug-likeness (QED) is 0.798. The van der Waals surface area contributed by atoms with Crippen LogP contribution in [0.2, 0.25) is 0 Å². The first-order chi connectivity index (χ1) is 10.9. The molecule has 23 heavy (non-hydrogen) atoms. The van der Waals surface area contributed by atoms with Crippen LogP contribution in [0.3, 0.4) is 0 Å². The molecule has 1 aliphatic rings. The summed E-state index contributed by atoms with van der Waals surface area (Å²) in [5.74, 6) is 0. The van der Waals surface area contributed by atoms with Crippen molar-refractivity contribution in [1.29, 1.82) is 0 Å². The Morgan fingerprint density at radius 1 is 1.13 bits per heavy atom. The minimum absolute atomic E-state index is 0.254. The molecule has 0 atom stereocenters. The molecule has 1 aromatic heterocycles. The molecule has 0 unspecified atom stereocenters. The second kappa shape index (κ2) is 6.03. The number of rotatable bonds is 1. The molecule has 0 bridgehead atoms.